The Kier molecular flexibility index (Phi) is 5.84. The predicted molar refractivity (Wildman–Crippen MR) is 90.6 cm³/mol. The third-order valence-corrected chi connectivity index (χ3v) is 3.74. The van der Waals surface area contributed by atoms with Gasteiger partial charge in [-0.05, 0) is 45.2 Å². The van der Waals surface area contributed by atoms with Crippen molar-refractivity contribution < 1.29 is 23.9 Å². The minimum absolute atomic E-state index is 0.0149. The molecule has 0 spiro atoms. The van der Waals surface area contributed by atoms with E-state index in [2.05, 4.69) is 5.32 Å². The zero-order valence-electron chi connectivity index (χ0n) is 14.9. The first-order chi connectivity index (χ1) is 11.7. The van der Waals surface area contributed by atoms with Crippen molar-refractivity contribution in [3.63, 3.8) is 0 Å². The number of rotatable bonds is 6. The van der Waals surface area contributed by atoms with Crippen molar-refractivity contribution in [1.82, 2.24) is 5.32 Å². The van der Waals surface area contributed by atoms with Crippen LogP contribution in [0.1, 0.15) is 39.2 Å². The molecule has 0 radical (unpaired) electrons. The van der Waals surface area contributed by atoms with Gasteiger partial charge >= 0.3 is 11.8 Å². The molecule has 0 aliphatic heterocycles. The first-order valence-electron chi connectivity index (χ1n) is 8.10. The summed E-state index contributed by atoms with van der Waals surface area (Å²) in [4.78, 5) is 22.2. The molecule has 1 aromatic rings. The van der Waals surface area contributed by atoms with E-state index in [4.69, 9.17) is 14.2 Å². The van der Waals surface area contributed by atoms with Gasteiger partial charge in [-0.1, -0.05) is 6.07 Å². The summed E-state index contributed by atoms with van der Waals surface area (Å²) in [6, 6.07) is 4.78. The molecule has 1 N–H and O–H groups in total. The molecule has 2 rings (SSSR count). The van der Waals surface area contributed by atoms with Crippen molar-refractivity contribution >= 4 is 11.8 Å². The monoisotopic (exact) mass is 352 g/mol. The Bertz CT molecular complexity index is 635. The fourth-order valence-corrected chi connectivity index (χ4v) is 2.48. The van der Waals surface area contributed by atoms with Gasteiger partial charge in [0.15, 0.2) is 5.75 Å². The molecule has 138 valence electrons. The smallest absolute Gasteiger partial charge is 0.407 e. The fourth-order valence-electron chi connectivity index (χ4n) is 2.48. The highest BCUT2D eigenvalue weighted by Crippen LogP contribution is 2.29. The van der Waals surface area contributed by atoms with Gasteiger partial charge in [0, 0.05) is 12.1 Å². The summed E-state index contributed by atoms with van der Waals surface area (Å²) >= 11 is 0. The average Bonchev–Trinajstić information content (AvgIpc) is 2.47. The standard InChI is InChI=1S/C17H24N2O6/c1-17(2,3)25-16(20)18-12-8-13(9-12)24-10-11-5-6-15(23-4)14(7-11)19(21)22/h5-7,12-13H,8-10H2,1-4H3,(H,18,20). The Labute approximate surface area is 146 Å². The van der Waals surface area contributed by atoms with Crippen LogP contribution < -0.4 is 10.1 Å². The zero-order valence-corrected chi connectivity index (χ0v) is 14.9. The van der Waals surface area contributed by atoms with Crippen LogP contribution in [0.2, 0.25) is 0 Å². The highest BCUT2D eigenvalue weighted by atomic mass is 16.6. The molecule has 0 aromatic heterocycles. The van der Waals surface area contributed by atoms with Gasteiger partial charge in [0.2, 0.25) is 0 Å². The van der Waals surface area contributed by atoms with Gasteiger partial charge in [-0.3, -0.25) is 10.1 Å². The van der Waals surface area contributed by atoms with E-state index in [1.54, 1.807) is 12.1 Å². The number of benzene rings is 1. The maximum absolute atomic E-state index is 11.7. The van der Waals surface area contributed by atoms with Crippen molar-refractivity contribution in [1.29, 1.82) is 0 Å². The zero-order chi connectivity index (χ0) is 18.6. The molecule has 25 heavy (non-hydrogen) atoms. The molecule has 1 aromatic carbocycles. The number of alkyl carbamates (subject to hydrolysis) is 1. The number of hydrogen-bond donors (Lipinski definition) is 1. The maximum Gasteiger partial charge on any atom is 0.407 e. The number of nitrogens with one attached hydrogen (secondary N) is 1. The van der Waals surface area contributed by atoms with Gasteiger partial charge in [0.25, 0.3) is 0 Å². The van der Waals surface area contributed by atoms with Gasteiger partial charge in [0.1, 0.15) is 5.60 Å². The Balaban J connectivity index is 1.76. The number of hydrogen-bond acceptors (Lipinski definition) is 6. The molecule has 0 saturated heterocycles. The van der Waals surface area contributed by atoms with E-state index in [1.165, 1.54) is 13.2 Å². The van der Waals surface area contributed by atoms with Crippen LogP contribution in [0.4, 0.5) is 10.5 Å². The number of ether oxygens (including phenoxy) is 3. The molecule has 1 fully saturated rings. The van der Waals surface area contributed by atoms with E-state index in [0.717, 1.165) is 0 Å². The first kappa shape index (κ1) is 19.0. The molecule has 0 heterocycles. The molecule has 1 saturated carbocycles. The van der Waals surface area contributed by atoms with Crippen molar-refractivity contribution in [3.8, 4) is 5.75 Å². The van der Waals surface area contributed by atoms with Crippen molar-refractivity contribution in [3.05, 3.63) is 33.9 Å². The molecule has 1 amide bonds. The Hall–Kier alpha value is -2.35. The quantitative estimate of drug-likeness (QED) is 0.623. The van der Waals surface area contributed by atoms with E-state index in [0.29, 0.717) is 18.4 Å². The number of nitrogens with zero attached hydrogens (tertiary/aromatic N) is 1. The number of carbonyl (C=O) groups is 1. The summed E-state index contributed by atoms with van der Waals surface area (Å²) < 4.78 is 15.9. The summed E-state index contributed by atoms with van der Waals surface area (Å²) in [5.74, 6) is 0.221. The second-order valence-electron chi connectivity index (χ2n) is 7.01. The molecule has 0 atom stereocenters. The van der Waals surface area contributed by atoms with Crippen LogP contribution in [-0.2, 0) is 16.1 Å². The molecular formula is C17H24N2O6. The molecule has 0 bridgehead atoms. The number of methoxy groups -OCH3 is 1. The molecule has 1 aliphatic carbocycles. The Morgan fingerprint density at radius 1 is 1.36 bits per heavy atom. The lowest BCUT2D eigenvalue weighted by Crippen LogP contribution is -2.49. The number of nitro groups is 1. The minimum Gasteiger partial charge on any atom is -0.490 e. The minimum atomic E-state index is -0.521. The number of carbonyl (C=O) groups excluding carboxylic acids is 1. The van der Waals surface area contributed by atoms with Gasteiger partial charge in [-0.15, -0.1) is 0 Å². The van der Waals surface area contributed by atoms with Gasteiger partial charge in [0.05, 0.1) is 24.7 Å². The van der Waals surface area contributed by atoms with Gasteiger partial charge in [-0.25, -0.2) is 4.79 Å². The van der Waals surface area contributed by atoms with Crippen LogP contribution in [0.15, 0.2) is 18.2 Å². The summed E-state index contributed by atoms with van der Waals surface area (Å²) in [5.41, 5.74) is 0.102. The fraction of sp³-hybridized carbons (Fsp3) is 0.588. The highest BCUT2D eigenvalue weighted by Gasteiger charge is 2.32. The summed E-state index contributed by atoms with van der Waals surface area (Å²) in [6.45, 7) is 5.71. The Morgan fingerprint density at radius 2 is 2.04 bits per heavy atom. The largest absolute Gasteiger partial charge is 0.490 e. The second kappa shape index (κ2) is 7.69. The molecular weight excluding hydrogens is 328 g/mol. The normalized spacial score (nSPS) is 19.7. The molecule has 8 heteroatoms. The van der Waals surface area contributed by atoms with E-state index in [9.17, 15) is 14.9 Å². The topological polar surface area (TPSA) is 99.9 Å². The van der Waals surface area contributed by atoms with E-state index < -0.39 is 16.6 Å². The lowest BCUT2D eigenvalue weighted by atomic mass is 9.89. The van der Waals surface area contributed by atoms with Crippen LogP contribution in [0.3, 0.4) is 0 Å². The Morgan fingerprint density at radius 3 is 2.60 bits per heavy atom. The lowest BCUT2D eigenvalue weighted by molar-refractivity contribution is -0.385. The lowest BCUT2D eigenvalue weighted by Gasteiger charge is -2.35. The third kappa shape index (κ3) is 5.60. The van der Waals surface area contributed by atoms with Crippen molar-refractivity contribution in [2.75, 3.05) is 7.11 Å². The predicted octanol–water partition coefficient (Wildman–Crippen LogP) is 3.18. The van der Waals surface area contributed by atoms with Crippen molar-refractivity contribution in [2.45, 2.75) is 58.0 Å². The van der Waals surface area contributed by atoms with Crippen molar-refractivity contribution in [2.24, 2.45) is 0 Å². The SMILES string of the molecule is COc1ccc(COC2CC(NC(=O)OC(C)(C)C)C2)cc1[N+](=O)[O-]. The number of nitro benzene ring substituents is 1. The van der Waals surface area contributed by atoms with E-state index in [-0.39, 0.29) is 30.2 Å². The molecule has 8 nitrogen and oxygen atoms in total. The van der Waals surface area contributed by atoms with Gasteiger partial charge < -0.3 is 19.5 Å². The van der Waals surface area contributed by atoms with E-state index >= 15 is 0 Å². The summed E-state index contributed by atoms with van der Waals surface area (Å²) in [7, 11) is 1.39. The molecule has 0 unspecified atom stereocenters. The number of amides is 1. The third-order valence-electron chi connectivity index (χ3n) is 3.74. The highest BCUT2D eigenvalue weighted by molar-refractivity contribution is 5.68. The van der Waals surface area contributed by atoms with Crippen LogP contribution in [0, 0.1) is 10.1 Å². The van der Waals surface area contributed by atoms with E-state index in [1.807, 2.05) is 20.8 Å². The molecule has 1 aliphatic rings. The van der Waals surface area contributed by atoms with Gasteiger partial charge in [-0.2, -0.15) is 0 Å². The first-order valence-corrected chi connectivity index (χ1v) is 8.10. The van der Waals surface area contributed by atoms with Crippen LogP contribution in [-0.4, -0.2) is 35.9 Å². The second-order valence-corrected chi connectivity index (χ2v) is 7.01. The average molecular weight is 352 g/mol. The summed E-state index contributed by atoms with van der Waals surface area (Å²) in [6.07, 6.45) is 0.970. The summed E-state index contributed by atoms with van der Waals surface area (Å²) in [5, 5.41) is 13.8. The van der Waals surface area contributed by atoms with Crippen LogP contribution >= 0.6 is 0 Å². The maximum atomic E-state index is 11.7. The van der Waals surface area contributed by atoms with Crippen LogP contribution in [0.5, 0.6) is 5.75 Å². The van der Waals surface area contributed by atoms with Crippen LogP contribution in [0.25, 0.3) is 0 Å².